The van der Waals surface area contributed by atoms with Gasteiger partial charge in [0.05, 0.1) is 16.6 Å². The van der Waals surface area contributed by atoms with E-state index in [1.54, 1.807) is 6.07 Å². The van der Waals surface area contributed by atoms with Crippen LogP contribution < -0.4 is 9.47 Å². The second-order valence-corrected chi connectivity index (χ2v) is 5.41. The van der Waals surface area contributed by atoms with Gasteiger partial charge < -0.3 is 9.47 Å². The molecule has 0 aromatic heterocycles. The van der Waals surface area contributed by atoms with Crippen LogP contribution in [0.1, 0.15) is 0 Å². The minimum absolute atomic E-state index is 0.131. The van der Waals surface area contributed by atoms with Crippen LogP contribution in [0, 0.1) is 0 Å². The zero-order valence-electron chi connectivity index (χ0n) is 8.57. The average molecular weight is 381 g/mol. The Kier molecular flexibility index (Phi) is 6.24. The van der Waals surface area contributed by atoms with Gasteiger partial charge in [-0.25, -0.2) is 0 Å². The lowest BCUT2D eigenvalue weighted by Gasteiger charge is -2.12. The smallest absolute Gasteiger partial charge is 0.157 e. The van der Waals surface area contributed by atoms with E-state index in [1.807, 2.05) is 0 Å². The van der Waals surface area contributed by atoms with Gasteiger partial charge in [0, 0.05) is 6.07 Å². The van der Waals surface area contributed by atoms with Crippen molar-refractivity contribution in [2.75, 3.05) is 13.7 Å². The van der Waals surface area contributed by atoms with Gasteiger partial charge in [-0.2, -0.15) is 0 Å². The lowest BCUT2D eigenvalue weighted by atomic mass is 10.3. The van der Waals surface area contributed by atoms with Crippen molar-refractivity contribution in [2.24, 2.45) is 0 Å². The minimum atomic E-state index is 0.131. The summed E-state index contributed by atoms with van der Waals surface area (Å²) >= 11 is 26.2. The molecule has 1 aromatic carbocycles. The van der Waals surface area contributed by atoms with Crippen LogP contribution in [0.2, 0.25) is 10.0 Å². The van der Waals surface area contributed by atoms with Gasteiger partial charge in [-0.05, 0) is 22.0 Å². The summed E-state index contributed by atoms with van der Waals surface area (Å²) in [7, 11) is 1.48. The Morgan fingerprint density at radius 1 is 1.41 bits per heavy atom. The van der Waals surface area contributed by atoms with Crippen LogP contribution >= 0.6 is 62.3 Å². The first kappa shape index (κ1) is 15.3. The minimum Gasteiger partial charge on any atom is -0.494 e. The monoisotopic (exact) mass is 378 g/mol. The van der Waals surface area contributed by atoms with Gasteiger partial charge in [-0.1, -0.05) is 46.4 Å². The van der Waals surface area contributed by atoms with Crippen LogP contribution in [0.4, 0.5) is 0 Å². The fourth-order valence-corrected chi connectivity index (χ4v) is 2.17. The van der Waals surface area contributed by atoms with Crippen LogP contribution in [0.3, 0.4) is 0 Å². The third-order valence-corrected chi connectivity index (χ3v) is 3.73. The van der Waals surface area contributed by atoms with Crippen LogP contribution in [-0.2, 0) is 0 Å². The normalized spacial score (nSPS) is 10.0. The Bertz CT molecular complexity index is 444. The van der Waals surface area contributed by atoms with Crippen LogP contribution in [0.15, 0.2) is 21.1 Å². The van der Waals surface area contributed by atoms with E-state index in [4.69, 9.17) is 55.9 Å². The average Bonchev–Trinajstić information content (AvgIpc) is 2.25. The molecule has 0 fully saturated rings. The number of ether oxygens (including phenoxy) is 2. The second-order valence-electron chi connectivity index (χ2n) is 2.82. The summed E-state index contributed by atoms with van der Waals surface area (Å²) < 4.78 is 11.1. The molecular formula is C10H7BrCl4O2. The molecule has 1 aromatic rings. The highest BCUT2D eigenvalue weighted by molar-refractivity contribution is 9.10. The molecule has 1 rings (SSSR count). The zero-order chi connectivity index (χ0) is 13.0. The van der Waals surface area contributed by atoms with E-state index < -0.39 is 0 Å². The Morgan fingerprint density at radius 3 is 2.59 bits per heavy atom. The van der Waals surface area contributed by atoms with E-state index >= 15 is 0 Å². The fourth-order valence-electron chi connectivity index (χ4n) is 1.04. The molecule has 0 spiro atoms. The molecule has 17 heavy (non-hydrogen) atoms. The molecule has 0 aliphatic rings. The van der Waals surface area contributed by atoms with Gasteiger partial charge in [-0.15, -0.1) is 0 Å². The highest BCUT2D eigenvalue weighted by Gasteiger charge is 2.15. The first-order valence-corrected chi connectivity index (χ1v) is 6.63. The van der Waals surface area contributed by atoms with Crippen molar-refractivity contribution in [3.8, 4) is 11.5 Å². The molecule has 0 heterocycles. The van der Waals surface area contributed by atoms with E-state index in [2.05, 4.69) is 15.9 Å². The molecule has 0 bridgehead atoms. The number of benzene rings is 1. The molecule has 2 nitrogen and oxygen atoms in total. The summed E-state index contributed by atoms with van der Waals surface area (Å²) in [5.41, 5.74) is 0. The van der Waals surface area contributed by atoms with Crippen LogP contribution in [0.5, 0.6) is 11.5 Å². The molecule has 0 unspecified atom stereocenters. The Hall–Kier alpha value is 0.200. The molecule has 0 saturated heterocycles. The number of methoxy groups -OCH3 is 1. The SMILES string of the molecule is COc1c(Cl)cc(OCC=C(Cl)Cl)c(Br)c1Cl. The predicted molar refractivity (Wildman–Crippen MR) is 76.0 cm³/mol. The van der Waals surface area contributed by atoms with Crippen LogP contribution in [0.25, 0.3) is 0 Å². The number of hydrogen-bond donors (Lipinski definition) is 0. The van der Waals surface area contributed by atoms with E-state index in [9.17, 15) is 0 Å². The highest BCUT2D eigenvalue weighted by Crippen LogP contribution is 2.44. The lowest BCUT2D eigenvalue weighted by Crippen LogP contribution is -1.96. The molecule has 7 heteroatoms. The molecule has 0 amide bonds. The molecule has 0 aliphatic heterocycles. The summed E-state index contributed by atoms with van der Waals surface area (Å²) in [6.45, 7) is 0.208. The second kappa shape index (κ2) is 6.95. The van der Waals surface area contributed by atoms with Gasteiger partial charge in [0.25, 0.3) is 0 Å². The predicted octanol–water partition coefficient (Wildman–Crippen LogP) is 5.46. The summed E-state index contributed by atoms with van der Waals surface area (Å²) in [6.07, 6.45) is 1.50. The Balaban J connectivity index is 2.98. The van der Waals surface area contributed by atoms with Crippen molar-refractivity contribution >= 4 is 62.3 Å². The van der Waals surface area contributed by atoms with Gasteiger partial charge in [0.15, 0.2) is 5.75 Å². The van der Waals surface area contributed by atoms with Crippen molar-refractivity contribution in [3.05, 3.63) is 31.2 Å². The molecule has 94 valence electrons. The highest BCUT2D eigenvalue weighted by atomic mass is 79.9. The summed E-state index contributed by atoms with van der Waals surface area (Å²) in [5, 5.41) is 0.701. The molecule has 0 atom stereocenters. The van der Waals surface area contributed by atoms with E-state index in [1.165, 1.54) is 13.2 Å². The molecule has 0 N–H and O–H groups in total. The van der Waals surface area contributed by atoms with Crippen molar-refractivity contribution in [2.45, 2.75) is 0 Å². The zero-order valence-corrected chi connectivity index (χ0v) is 13.2. The lowest BCUT2D eigenvalue weighted by molar-refractivity contribution is 0.358. The standard InChI is InChI=1S/C10H7BrCl4O2/c1-16-10-5(12)4-6(8(11)9(10)15)17-3-2-7(13)14/h2,4H,3H2,1H3. The Morgan fingerprint density at radius 2 is 2.06 bits per heavy atom. The van der Waals surface area contributed by atoms with Crippen LogP contribution in [-0.4, -0.2) is 13.7 Å². The maximum atomic E-state index is 6.04. The maximum Gasteiger partial charge on any atom is 0.157 e. The Labute approximate surface area is 128 Å². The quantitative estimate of drug-likeness (QED) is 0.645. The van der Waals surface area contributed by atoms with Gasteiger partial charge >= 0.3 is 0 Å². The summed E-state index contributed by atoms with van der Waals surface area (Å²) in [4.78, 5) is 0. The van der Waals surface area contributed by atoms with Gasteiger partial charge in [0.2, 0.25) is 0 Å². The molecular weight excluding hydrogens is 374 g/mol. The van der Waals surface area contributed by atoms with E-state index in [-0.39, 0.29) is 11.1 Å². The fraction of sp³-hybridized carbons (Fsp3) is 0.200. The third kappa shape index (κ3) is 4.11. The first-order valence-electron chi connectivity index (χ1n) is 4.32. The van der Waals surface area contributed by atoms with E-state index in [0.29, 0.717) is 26.0 Å². The topological polar surface area (TPSA) is 18.5 Å². The third-order valence-electron chi connectivity index (χ3n) is 1.76. The van der Waals surface area contributed by atoms with Crippen molar-refractivity contribution < 1.29 is 9.47 Å². The molecule has 0 saturated carbocycles. The largest absolute Gasteiger partial charge is 0.494 e. The summed E-state index contributed by atoms with van der Waals surface area (Å²) in [5.74, 6) is 0.866. The number of hydrogen-bond acceptors (Lipinski definition) is 2. The van der Waals surface area contributed by atoms with Gasteiger partial charge in [-0.3, -0.25) is 0 Å². The maximum absolute atomic E-state index is 6.04. The summed E-state index contributed by atoms with van der Waals surface area (Å²) in [6, 6.07) is 1.59. The van der Waals surface area contributed by atoms with Crippen molar-refractivity contribution in [1.82, 2.24) is 0 Å². The van der Waals surface area contributed by atoms with Crippen molar-refractivity contribution in [3.63, 3.8) is 0 Å². The van der Waals surface area contributed by atoms with Crippen molar-refractivity contribution in [1.29, 1.82) is 0 Å². The molecule has 0 radical (unpaired) electrons. The first-order chi connectivity index (χ1) is 7.97. The number of halogens is 5. The molecule has 0 aliphatic carbocycles. The van der Waals surface area contributed by atoms with E-state index in [0.717, 1.165) is 0 Å². The number of rotatable bonds is 4. The van der Waals surface area contributed by atoms with Gasteiger partial charge in [0.1, 0.15) is 21.9 Å².